The molecule has 8 heteroatoms. The Bertz CT molecular complexity index is 1390. The summed E-state index contributed by atoms with van der Waals surface area (Å²) in [6, 6.07) is 12.8. The van der Waals surface area contributed by atoms with Crippen LogP contribution in [0.15, 0.2) is 71.6 Å². The second-order valence-electron chi connectivity index (χ2n) is 8.45. The molecule has 36 heavy (non-hydrogen) atoms. The van der Waals surface area contributed by atoms with Gasteiger partial charge in [0.15, 0.2) is 5.43 Å². The number of esters is 2. The van der Waals surface area contributed by atoms with Crippen LogP contribution in [0.2, 0.25) is 0 Å². The Morgan fingerprint density at radius 3 is 2.33 bits per heavy atom. The first-order valence-corrected chi connectivity index (χ1v) is 12.3. The number of carbonyl (C=O) groups is 3. The summed E-state index contributed by atoms with van der Waals surface area (Å²) in [5, 5.41) is 1.24. The van der Waals surface area contributed by atoms with Gasteiger partial charge in [-0.05, 0) is 50.6 Å². The fraction of sp³-hybridized carbons (Fsp3) is 0.286. The average molecular weight is 509 g/mol. The highest BCUT2D eigenvalue weighted by atomic mass is 32.1. The van der Waals surface area contributed by atoms with E-state index in [0.717, 1.165) is 9.40 Å². The summed E-state index contributed by atoms with van der Waals surface area (Å²) in [5.74, 6) is -0.813. The zero-order chi connectivity index (χ0) is 26.2. The maximum absolute atomic E-state index is 12.8. The molecule has 3 aromatic rings. The number of Topliss-reactive ketones (excluding diaryl/α,β-unsaturated/α-hetero) is 1. The molecular formula is C28H28O7S. The smallest absolute Gasteiger partial charge is 0.333 e. The standard InChI is InChI=1S/C28H28O7S/c1-17(2)27(31)34-16-21(35-28(32)18(3)4)10-9-19(29)13-14-33-20-11-12-25-23(15-20)26(30)22-7-5-6-8-24(22)36-25/h5-8,11-12,15,21H,1,3,9-10,13-14,16H2,2,4H3. The highest BCUT2D eigenvalue weighted by Gasteiger charge is 2.19. The third-order valence-corrected chi connectivity index (χ3v) is 6.46. The molecule has 0 N–H and O–H groups in total. The number of ketones is 1. The van der Waals surface area contributed by atoms with E-state index in [2.05, 4.69) is 13.2 Å². The second-order valence-corrected chi connectivity index (χ2v) is 9.53. The molecule has 0 aliphatic rings. The molecule has 3 rings (SSSR count). The van der Waals surface area contributed by atoms with Gasteiger partial charge in [-0.25, -0.2) is 9.59 Å². The van der Waals surface area contributed by atoms with Crippen LogP contribution in [0, 0.1) is 0 Å². The summed E-state index contributed by atoms with van der Waals surface area (Å²) >= 11 is 1.54. The summed E-state index contributed by atoms with van der Waals surface area (Å²) in [4.78, 5) is 48.8. The van der Waals surface area contributed by atoms with Crippen molar-refractivity contribution in [1.82, 2.24) is 0 Å². The first kappa shape index (κ1) is 26.8. The van der Waals surface area contributed by atoms with Crippen LogP contribution in [0.1, 0.15) is 33.1 Å². The summed E-state index contributed by atoms with van der Waals surface area (Å²) in [7, 11) is 0. The number of carbonyl (C=O) groups excluding carboxylic acids is 3. The van der Waals surface area contributed by atoms with E-state index in [1.807, 2.05) is 24.3 Å². The number of hydrogen-bond donors (Lipinski definition) is 0. The van der Waals surface area contributed by atoms with Crippen LogP contribution in [-0.2, 0) is 23.9 Å². The Balaban J connectivity index is 1.55. The lowest BCUT2D eigenvalue weighted by Crippen LogP contribution is -2.26. The lowest BCUT2D eigenvalue weighted by Gasteiger charge is -2.18. The highest BCUT2D eigenvalue weighted by Crippen LogP contribution is 2.27. The van der Waals surface area contributed by atoms with Gasteiger partial charge in [0.2, 0.25) is 0 Å². The molecule has 1 atom stereocenters. The van der Waals surface area contributed by atoms with Gasteiger partial charge in [-0.1, -0.05) is 25.3 Å². The fourth-order valence-corrected chi connectivity index (χ4v) is 4.37. The predicted octanol–water partition coefficient (Wildman–Crippen LogP) is 5.14. The molecule has 0 aliphatic carbocycles. The molecule has 188 valence electrons. The van der Waals surface area contributed by atoms with Gasteiger partial charge in [-0.15, -0.1) is 11.3 Å². The van der Waals surface area contributed by atoms with Crippen molar-refractivity contribution in [3.8, 4) is 5.75 Å². The van der Waals surface area contributed by atoms with E-state index in [9.17, 15) is 19.2 Å². The van der Waals surface area contributed by atoms with E-state index in [1.165, 1.54) is 25.2 Å². The number of benzene rings is 2. The minimum atomic E-state index is -0.783. The lowest BCUT2D eigenvalue weighted by atomic mass is 10.1. The van der Waals surface area contributed by atoms with E-state index in [4.69, 9.17) is 14.2 Å². The molecule has 0 amide bonds. The van der Waals surface area contributed by atoms with E-state index >= 15 is 0 Å². The molecule has 1 unspecified atom stereocenters. The van der Waals surface area contributed by atoms with Crippen molar-refractivity contribution in [2.75, 3.05) is 13.2 Å². The van der Waals surface area contributed by atoms with Gasteiger partial charge in [-0.2, -0.15) is 0 Å². The monoisotopic (exact) mass is 508 g/mol. The zero-order valence-electron chi connectivity index (χ0n) is 20.3. The molecule has 1 aromatic heterocycles. The first-order valence-electron chi connectivity index (χ1n) is 11.4. The summed E-state index contributed by atoms with van der Waals surface area (Å²) < 4.78 is 17.9. The van der Waals surface area contributed by atoms with Crippen LogP contribution < -0.4 is 10.2 Å². The molecule has 0 bridgehead atoms. The largest absolute Gasteiger partial charge is 0.493 e. The fourth-order valence-electron chi connectivity index (χ4n) is 3.32. The van der Waals surface area contributed by atoms with Gasteiger partial charge in [0.25, 0.3) is 0 Å². The summed E-state index contributed by atoms with van der Waals surface area (Å²) in [5.41, 5.74) is 0.375. The summed E-state index contributed by atoms with van der Waals surface area (Å²) in [6.45, 7) is 10.0. The van der Waals surface area contributed by atoms with Gasteiger partial charge < -0.3 is 14.2 Å². The Morgan fingerprint density at radius 2 is 1.61 bits per heavy atom. The average Bonchev–Trinajstić information content (AvgIpc) is 2.85. The Morgan fingerprint density at radius 1 is 0.917 bits per heavy atom. The zero-order valence-corrected chi connectivity index (χ0v) is 21.2. The molecule has 2 aromatic carbocycles. The number of fused-ring (bicyclic) bond motifs is 2. The number of hydrogen-bond acceptors (Lipinski definition) is 8. The molecule has 0 fully saturated rings. The van der Waals surface area contributed by atoms with Crippen LogP contribution in [-0.4, -0.2) is 37.0 Å². The third kappa shape index (κ3) is 7.11. The van der Waals surface area contributed by atoms with Crippen LogP contribution in [0.4, 0.5) is 0 Å². The number of rotatable bonds is 12. The highest BCUT2D eigenvalue weighted by molar-refractivity contribution is 7.24. The maximum Gasteiger partial charge on any atom is 0.333 e. The van der Waals surface area contributed by atoms with Crippen molar-refractivity contribution in [3.05, 3.63) is 77.0 Å². The maximum atomic E-state index is 12.8. The minimum Gasteiger partial charge on any atom is -0.493 e. The molecule has 7 nitrogen and oxygen atoms in total. The normalized spacial score (nSPS) is 11.6. The first-order chi connectivity index (χ1) is 17.2. The van der Waals surface area contributed by atoms with Gasteiger partial charge in [0.1, 0.15) is 24.2 Å². The summed E-state index contributed by atoms with van der Waals surface area (Å²) in [6.07, 6.45) is -0.354. The van der Waals surface area contributed by atoms with Crippen molar-refractivity contribution >= 4 is 49.2 Å². The number of ether oxygens (including phenoxy) is 3. The van der Waals surface area contributed by atoms with Crippen molar-refractivity contribution in [2.45, 2.75) is 39.2 Å². The molecule has 0 saturated carbocycles. The van der Waals surface area contributed by atoms with E-state index in [0.29, 0.717) is 16.5 Å². The van der Waals surface area contributed by atoms with E-state index in [-0.39, 0.29) is 54.8 Å². The van der Waals surface area contributed by atoms with E-state index in [1.54, 1.807) is 18.2 Å². The second kappa shape index (κ2) is 12.3. The molecular weight excluding hydrogens is 480 g/mol. The Hall–Kier alpha value is -3.78. The van der Waals surface area contributed by atoms with Gasteiger partial charge in [0.05, 0.1) is 6.61 Å². The molecule has 0 spiro atoms. The molecule has 0 radical (unpaired) electrons. The molecule has 1 heterocycles. The van der Waals surface area contributed by atoms with E-state index < -0.39 is 18.0 Å². The van der Waals surface area contributed by atoms with Crippen LogP contribution >= 0.6 is 11.3 Å². The van der Waals surface area contributed by atoms with Gasteiger partial charge in [-0.3, -0.25) is 9.59 Å². The van der Waals surface area contributed by atoms with Gasteiger partial charge >= 0.3 is 11.9 Å². The van der Waals surface area contributed by atoms with Crippen molar-refractivity contribution in [3.63, 3.8) is 0 Å². The Kier molecular flexibility index (Phi) is 9.13. The van der Waals surface area contributed by atoms with Crippen molar-refractivity contribution < 1.29 is 28.6 Å². The predicted molar refractivity (Wildman–Crippen MR) is 140 cm³/mol. The Labute approximate surface area is 213 Å². The molecule has 0 aliphatic heterocycles. The topological polar surface area (TPSA) is 96.0 Å². The third-order valence-electron chi connectivity index (χ3n) is 5.31. The van der Waals surface area contributed by atoms with Crippen LogP contribution in [0.3, 0.4) is 0 Å². The van der Waals surface area contributed by atoms with Crippen molar-refractivity contribution in [2.24, 2.45) is 0 Å². The SMILES string of the molecule is C=C(C)C(=O)OCC(CCC(=O)CCOc1ccc2sc3ccccc3c(=O)c2c1)OC(=O)C(=C)C. The minimum absolute atomic E-state index is 0.0522. The van der Waals surface area contributed by atoms with Gasteiger partial charge in [0, 0.05) is 44.2 Å². The quantitative estimate of drug-likeness (QED) is 0.190. The molecule has 0 saturated heterocycles. The van der Waals surface area contributed by atoms with Crippen LogP contribution in [0.25, 0.3) is 20.2 Å². The lowest BCUT2D eigenvalue weighted by molar-refractivity contribution is -0.154. The van der Waals surface area contributed by atoms with Crippen LogP contribution in [0.5, 0.6) is 5.75 Å². The van der Waals surface area contributed by atoms with Crippen molar-refractivity contribution in [1.29, 1.82) is 0 Å².